The Kier molecular flexibility index (Phi) is 6.23. The fraction of sp³-hybridized carbons (Fsp3) is 0.238. The van der Waals surface area contributed by atoms with Crippen molar-refractivity contribution in [2.24, 2.45) is 10.7 Å². The Labute approximate surface area is 198 Å². The summed E-state index contributed by atoms with van der Waals surface area (Å²) in [6.45, 7) is 1.29. The van der Waals surface area contributed by atoms with Gasteiger partial charge in [-0.05, 0) is 30.7 Å². The van der Waals surface area contributed by atoms with Crippen molar-refractivity contribution in [3.63, 3.8) is 0 Å². The van der Waals surface area contributed by atoms with Gasteiger partial charge in [-0.1, -0.05) is 0 Å². The van der Waals surface area contributed by atoms with Gasteiger partial charge in [-0.15, -0.1) is 0 Å². The molecule has 184 valence electrons. The predicted molar refractivity (Wildman–Crippen MR) is 119 cm³/mol. The molecule has 3 aromatic rings. The van der Waals surface area contributed by atoms with Crippen molar-refractivity contribution >= 4 is 27.9 Å². The lowest BCUT2D eigenvalue weighted by atomic mass is 9.92. The second-order valence-electron chi connectivity index (χ2n) is 7.78. The highest BCUT2D eigenvalue weighted by Gasteiger charge is 2.42. The van der Waals surface area contributed by atoms with E-state index in [2.05, 4.69) is 19.9 Å². The van der Waals surface area contributed by atoms with Gasteiger partial charge in [0.15, 0.2) is 24.1 Å². The molecule has 1 aliphatic rings. The molecule has 0 amide bonds. The van der Waals surface area contributed by atoms with E-state index < -0.39 is 44.3 Å². The maximum atomic E-state index is 14.8. The molecule has 0 saturated heterocycles. The Balaban J connectivity index is 1.62. The Morgan fingerprint density at radius 1 is 1.29 bits per heavy atom. The van der Waals surface area contributed by atoms with Crippen molar-refractivity contribution in [1.29, 1.82) is 0 Å². The highest BCUT2D eigenvalue weighted by molar-refractivity contribution is 7.89. The summed E-state index contributed by atoms with van der Waals surface area (Å²) in [7, 11) is -2.74. The first-order chi connectivity index (χ1) is 16.5. The maximum absolute atomic E-state index is 14.8. The van der Waals surface area contributed by atoms with Crippen molar-refractivity contribution in [3.05, 3.63) is 71.3 Å². The molecule has 0 spiro atoms. The number of guanidine groups is 1. The van der Waals surface area contributed by atoms with E-state index in [1.54, 1.807) is 0 Å². The van der Waals surface area contributed by atoms with Crippen LogP contribution in [0.4, 0.5) is 13.2 Å². The highest BCUT2D eigenvalue weighted by atomic mass is 32.2. The number of benzene rings is 1. The van der Waals surface area contributed by atoms with Crippen molar-refractivity contribution in [2.45, 2.75) is 19.1 Å². The minimum absolute atomic E-state index is 0.00570. The van der Waals surface area contributed by atoms with E-state index in [0.717, 1.165) is 28.7 Å². The molecule has 3 heterocycles. The third-order valence-electron chi connectivity index (χ3n) is 5.19. The van der Waals surface area contributed by atoms with Gasteiger partial charge in [0.1, 0.15) is 17.5 Å². The summed E-state index contributed by atoms with van der Waals surface area (Å²) in [6.07, 6.45) is 6.00. The minimum Gasteiger partial charge on any atom is -0.467 e. The lowest BCUT2D eigenvalue weighted by Crippen LogP contribution is -2.50. The summed E-state index contributed by atoms with van der Waals surface area (Å²) < 4.78 is 79.9. The number of hydrogen-bond acceptors (Lipinski definition) is 9. The van der Waals surface area contributed by atoms with E-state index in [-0.39, 0.29) is 29.7 Å². The molecular formula is C21H19F3N6O4S. The molecule has 10 nitrogen and oxygen atoms in total. The number of sulfonamides is 1. The van der Waals surface area contributed by atoms with Crippen LogP contribution in [0.15, 0.2) is 46.4 Å². The second-order valence-corrected chi connectivity index (χ2v) is 9.78. The molecule has 0 aliphatic carbocycles. The molecule has 2 aromatic heterocycles. The summed E-state index contributed by atoms with van der Waals surface area (Å²) in [5.74, 6) is -4.18. The van der Waals surface area contributed by atoms with Gasteiger partial charge in [-0.25, -0.2) is 45.8 Å². The van der Waals surface area contributed by atoms with Crippen LogP contribution in [0.25, 0.3) is 11.9 Å². The van der Waals surface area contributed by atoms with Crippen LogP contribution >= 0.6 is 0 Å². The molecule has 2 N–H and O–H groups in total. The number of nitrogens with zero attached hydrogens (tertiary/aromatic N) is 5. The summed E-state index contributed by atoms with van der Waals surface area (Å²) in [4.78, 5) is 15.8. The third-order valence-corrected chi connectivity index (χ3v) is 7.14. The first-order valence-corrected chi connectivity index (χ1v) is 11.6. The Hall–Kier alpha value is -3.94. The van der Waals surface area contributed by atoms with E-state index in [1.165, 1.54) is 32.6 Å². The third kappa shape index (κ3) is 4.96. The average Bonchev–Trinajstić information content (AvgIpc) is 3.32. The Bertz CT molecular complexity index is 1410. The minimum atomic E-state index is -3.94. The molecule has 1 aliphatic heterocycles. The zero-order chi connectivity index (χ0) is 25.4. The quantitative estimate of drug-likeness (QED) is 0.537. The smallest absolute Gasteiger partial charge is 0.239 e. The Morgan fingerprint density at radius 2 is 2.06 bits per heavy atom. The number of nitrogens with two attached hydrogens (primary N) is 1. The van der Waals surface area contributed by atoms with Gasteiger partial charge in [0.2, 0.25) is 27.8 Å². The molecular weight excluding hydrogens is 489 g/mol. The predicted octanol–water partition coefficient (Wildman–Crippen LogP) is 2.59. The van der Waals surface area contributed by atoms with E-state index in [9.17, 15) is 21.6 Å². The van der Waals surface area contributed by atoms with Crippen molar-refractivity contribution in [2.75, 3.05) is 12.8 Å². The Morgan fingerprint density at radius 3 is 2.69 bits per heavy atom. The number of oxazole rings is 1. The summed E-state index contributed by atoms with van der Waals surface area (Å²) >= 11 is 0. The average molecular weight is 508 g/mol. The summed E-state index contributed by atoms with van der Waals surface area (Å²) in [6, 6.07) is 1.87. The van der Waals surface area contributed by atoms with Crippen LogP contribution in [0.5, 0.6) is 5.88 Å². The molecule has 0 bridgehead atoms. The largest absolute Gasteiger partial charge is 0.467 e. The van der Waals surface area contributed by atoms with Crippen molar-refractivity contribution in [1.82, 2.24) is 19.3 Å². The van der Waals surface area contributed by atoms with Gasteiger partial charge in [0.05, 0.1) is 24.3 Å². The zero-order valence-electron chi connectivity index (χ0n) is 18.4. The van der Waals surface area contributed by atoms with E-state index >= 15 is 0 Å². The van der Waals surface area contributed by atoms with Gasteiger partial charge in [-0.3, -0.25) is 0 Å². The van der Waals surface area contributed by atoms with E-state index in [4.69, 9.17) is 14.9 Å². The van der Waals surface area contributed by atoms with Crippen molar-refractivity contribution < 1.29 is 30.7 Å². The zero-order valence-corrected chi connectivity index (χ0v) is 19.3. The van der Waals surface area contributed by atoms with Gasteiger partial charge in [0, 0.05) is 12.6 Å². The lowest BCUT2D eigenvalue weighted by molar-refractivity contribution is 0.252. The van der Waals surface area contributed by atoms with Crippen LogP contribution in [0.3, 0.4) is 0 Å². The fourth-order valence-corrected chi connectivity index (χ4v) is 4.82. The number of ether oxygens (including phenoxy) is 1. The number of aromatic nitrogens is 3. The highest BCUT2D eigenvalue weighted by Crippen LogP contribution is 2.35. The number of rotatable bonds is 6. The molecule has 0 saturated carbocycles. The molecule has 1 atom stereocenters. The van der Waals surface area contributed by atoms with E-state index in [1.807, 2.05) is 0 Å². The molecule has 4 rings (SSSR count). The molecule has 0 radical (unpaired) electrons. The van der Waals surface area contributed by atoms with Crippen LogP contribution in [0.2, 0.25) is 0 Å². The fourth-order valence-electron chi connectivity index (χ4n) is 3.37. The van der Waals surface area contributed by atoms with Crippen LogP contribution in [-0.4, -0.2) is 46.4 Å². The molecule has 0 fully saturated rings. The van der Waals surface area contributed by atoms with Gasteiger partial charge >= 0.3 is 0 Å². The van der Waals surface area contributed by atoms with Crippen molar-refractivity contribution in [3.8, 4) is 5.88 Å². The normalized spacial score (nSPS) is 20.0. The van der Waals surface area contributed by atoms with Gasteiger partial charge < -0.3 is 14.9 Å². The van der Waals surface area contributed by atoms with Gasteiger partial charge in [0.25, 0.3) is 0 Å². The standard InChI is InChI=1S/C21H19F3N6O4S/c1-21(11-35(31,32)30(2)20(25)29-21)13-5-12(7-15(23)19(13)24)6-14(22)16-8-28-17(9-27-16)34-10-18-26-3-4-33-18/h3-9H,10-11H2,1-2H3,(H2,25,29)/b14-6-/t21-/m0/s1. The molecule has 1 aromatic carbocycles. The van der Waals surface area contributed by atoms with Crippen LogP contribution in [0.1, 0.15) is 29.6 Å². The van der Waals surface area contributed by atoms with Gasteiger partial charge in [-0.2, -0.15) is 0 Å². The second kappa shape index (κ2) is 9.02. The number of hydrogen-bond donors (Lipinski definition) is 1. The van der Waals surface area contributed by atoms with E-state index in [0.29, 0.717) is 5.89 Å². The monoisotopic (exact) mass is 508 g/mol. The van der Waals surface area contributed by atoms with Crippen LogP contribution in [0, 0.1) is 11.6 Å². The molecule has 14 heteroatoms. The van der Waals surface area contributed by atoms with Crippen LogP contribution < -0.4 is 10.5 Å². The maximum Gasteiger partial charge on any atom is 0.239 e. The topological polar surface area (TPSA) is 137 Å². The summed E-state index contributed by atoms with van der Waals surface area (Å²) in [5, 5.41) is 0. The van der Waals surface area contributed by atoms with Crippen LogP contribution in [-0.2, 0) is 22.2 Å². The lowest BCUT2D eigenvalue weighted by Gasteiger charge is -2.34. The summed E-state index contributed by atoms with van der Waals surface area (Å²) in [5.41, 5.74) is 3.27. The molecule has 35 heavy (non-hydrogen) atoms. The first-order valence-electron chi connectivity index (χ1n) is 10.0. The number of aliphatic imine (C=N–C) groups is 1. The SMILES string of the molecule is CN1C(N)=N[C@](C)(c2cc(/C=C(\F)c3cnc(OCc4ncco4)cn3)cc(F)c2F)CS1(=O)=O. The first kappa shape index (κ1) is 24.2. The number of halogens is 3. The molecule has 0 unspecified atom stereocenters.